The summed E-state index contributed by atoms with van der Waals surface area (Å²) in [7, 11) is 3.40. The number of Topliss-reactive ketones (excluding diaryl/α,β-unsaturated/α-hetero) is 1. The van der Waals surface area contributed by atoms with Crippen molar-refractivity contribution < 1.29 is 14.3 Å². The predicted octanol–water partition coefficient (Wildman–Crippen LogP) is 7.56. The van der Waals surface area contributed by atoms with Gasteiger partial charge >= 0.3 is 5.97 Å². The number of methoxy groups -OCH3 is 1. The molecule has 0 spiro atoms. The lowest BCUT2D eigenvalue weighted by atomic mass is 9.94. The topological polar surface area (TPSA) is 79.0 Å². The summed E-state index contributed by atoms with van der Waals surface area (Å²) in [5, 5.41) is 0. The van der Waals surface area contributed by atoms with E-state index in [0.717, 1.165) is 74.4 Å². The fourth-order valence-corrected chi connectivity index (χ4v) is 5.87. The number of fused-ring (bicyclic) bond motifs is 2. The molecule has 6 aromatic rings. The van der Waals surface area contributed by atoms with Crippen molar-refractivity contribution in [3.05, 3.63) is 107 Å². The fraction of sp³-hybridized carbons (Fsp3) is 0.222. The molecule has 2 aromatic heterocycles. The van der Waals surface area contributed by atoms with Gasteiger partial charge in [0.25, 0.3) is 0 Å². The van der Waals surface area contributed by atoms with Crippen LogP contribution < -0.4 is 0 Å². The third-order valence-electron chi connectivity index (χ3n) is 8.07. The number of para-hydroxylation sites is 2. The molecule has 0 N–H and O–H groups in total. The normalized spacial score (nSPS) is 11.4. The number of benzene rings is 4. The van der Waals surface area contributed by atoms with Crippen molar-refractivity contribution in [1.29, 1.82) is 0 Å². The second-order valence-corrected chi connectivity index (χ2v) is 11.0. The van der Waals surface area contributed by atoms with Gasteiger partial charge in [-0.15, -0.1) is 0 Å². The summed E-state index contributed by atoms with van der Waals surface area (Å²) in [6, 6.07) is 26.0. The van der Waals surface area contributed by atoms with Crippen molar-refractivity contribution in [2.24, 2.45) is 7.05 Å². The SMILES string of the molecule is CCCc1nc2c(C)cc(-c3nc4ccccc4n3C)cc2n1Cc1ccc(-c2ccc(C(=O)OC)cc2C(C)=O)cc1. The molecule has 7 nitrogen and oxygen atoms in total. The van der Waals surface area contributed by atoms with Crippen LogP contribution in [-0.2, 0) is 24.8 Å². The van der Waals surface area contributed by atoms with Crippen LogP contribution in [-0.4, -0.2) is 38.0 Å². The Labute approximate surface area is 250 Å². The van der Waals surface area contributed by atoms with Gasteiger partial charge in [0, 0.05) is 31.1 Å². The molecule has 216 valence electrons. The highest BCUT2D eigenvalue weighted by Gasteiger charge is 2.18. The zero-order valence-electron chi connectivity index (χ0n) is 25.1. The van der Waals surface area contributed by atoms with Gasteiger partial charge in [-0.1, -0.05) is 49.4 Å². The molecule has 7 heteroatoms. The van der Waals surface area contributed by atoms with E-state index in [0.29, 0.717) is 17.7 Å². The Kier molecular flexibility index (Phi) is 7.40. The monoisotopic (exact) mass is 570 g/mol. The molecule has 0 aliphatic heterocycles. The maximum Gasteiger partial charge on any atom is 0.337 e. The van der Waals surface area contributed by atoms with E-state index in [-0.39, 0.29) is 5.78 Å². The van der Waals surface area contributed by atoms with Gasteiger partial charge in [0.2, 0.25) is 0 Å². The lowest BCUT2D eigenvalue weighted by Gasteiger charge is -2.13. The van der Waals surface area contributed by atoms with E-state index in [2.05, 4.69) is 60.4 Å². The van der Waals surface area contributed by atoms with Crippen LogP contribution in [0.2, 0.25) is 0 Å². The first-order chi connectivity index (χ1) is 20.8. The Morgan fingerprint density at radius 3 is 2.35 bits per heavy atom. The largest absolute Gasteiger partial charge is 0.465 e. The molecule has 0 radical (unpaired) electrons. The van der Waals surface area contributed by atoms with Gasteiger partial charge in [0.15, 0.2) is 5.78 Å². The van der Waals surface area contributed by atoms with Gasteiger partial charge in [-0.2, -0.15) is 0 Å². The van der Waals surface area contributed by atoms with E-state index in [4.69, 9.17) is 14.7 Å². The summed E-state index contributed by atoms with van der Waals surface area (Å²) < 4.78 is 9.30. The molecule has 0 saturated heterocycles. The molecule has 6 rings (SSSR count). The van der Waals surface area contributed by atoms with Crippen LogP contribution >= 0.6 is 0 Å². The molecular formula is C36H34N4O3. The fourth-order valence-electron chi connectivity index (χ4n) is 5.87. The van der Waals surface area contributed by atoms with Crippen LogP contribution in [0.1, 0.15) is 57.9 Å². The third kappa shape index (κ3) is 5.12. The molecule has 0 unspecified atom stereocenters. The number of carbonyl (C=O) groups is 2. The lowest BCUT2D eigenvalue weighted by Crippen LogP contribution is -2.06. The molecule has 0 bridgehead atoms. The number of hydrogen-bond acceptors (Lipinski definition) is 5. The summed E-state index contributed by atoms with van der Waals surface area (Å²) in [6.45, 7) is 6.47. The highest BCUT2D eigenvalue weighted by Crippen LogP contribution is 2.31. The lowest BCUT2D eigenvalue weighted by molar-refractivity contribution is 0.0600. The molecule has 43 heavy (non-hydrogen) atoms. The van der Waals surface area contributed by atoms with E-state index in [1.54, 1.807) is 12.1 Å². The highest BCUT2D eigenvalue weighted by atomic mass is 16.5. The quantitative estimate of drug-likeness (QED) is 0.139. The molecule has 2 heterocycles. The number of imidazole rings is 2. The minimum Gasteiger partial charge on any atom is -0.465 e. The summed E-state index contributed by atoms with van der Waals surface area (Å²) in [6.07, 6.45) is 1.87. The number of aromatic nitrogens is 4. The zero-order valence-corrected chi connectivity index (χ0v) is 25.1. The average Bonchev–Trinajstić information content (AvgIpc) is 3.54. The van der Waals surface area contributed by atoms with Gasteiger partial charge in [-0.25, -0.2) is 14.8 Å². The first-order valence-corrected chi connectivity index (χ1v) is 14.5. The number of rotatable bonds is 8. The second-order valence-electron chi connectivity index (χ2n) is 11.0. The number of hydrogen-bond donors (Lipinski definition) is 0. The van der Waals surface area contributed by atoms with Gasteiger partial charge in [0.05, 0.1) is 34.7 Å². The molecule has 0 fully saturated rings. The van der Waals surface area contributed by atoms with Gasteiger partial charge in [-0.3, -0.25) is 4.79 Å². The first-order valence-electron chi connectivity index (χ1n) is 14.5. The maximum absolute atomic E-state index is 12.5. The van der Waals surface area contributed by atoms with Crippen LogP contribution in [0.5, 0.6) is 0 Å². The number of ketones is 1. The van der Waals surface area contributed by atoms with Crippen molar-refractivity contribution in [1.82, 2.24) is 19.1 Å². The van der Waals surface area contributed by atoms with Gasteiger partial charge < -0.3 is 13.9 Å². The zero-order chi connectivity index (χ0) is 30.2. The summed E-state index contributed by atoms with van der Waals surface area (Å²) in [5.74, 6) is 1.42. The number of ether oxygens (including phenoxy) is 1. The standard InChI is InChI=1S/C36H34N4O3/c1-6-9-33-38-34-22(2)18-27(35-37-30-10-7-8-11-31(30)39(35)4)20-32(34)40(33)21-24-12-14-25(15-13-24)28-17-16-26(36(42)43-5)19-29(28)23(3)41/h7-8,10-20H,6,9,21H2,1-5H3. The summed E-state index contributed by atoms with van der Waals surface area (Å²) >= 11 is 0. The van der Waals surface area contributed by atoms with Crippen LogP contribution in [0.15, 0.2) is 78.9 Å². The van der Waals surface area contributed by atoms with E-state index in [1.807, 2.05) is 36.4 Å². The van der Waals surface area contributed by atoms with E-state index < -0.39 is 5.97 Å². The molecule has 0 saturated carbocycles. The molecule has 0 aliphatic rings. The van der Waals surface area contributed by atoms with Crippen LogP contribution in [0.3, 0.4) is 0 Å². The predicted molar refractivity (Wildman–Crippen MR) is 170 cm³/mol. The minimum absolute atomic E-state index is 0.106. The molecule has 4 aromatic carbocycles. The van der Waals surface area contributed by atoms with Crippen molar-refractivity contribution in [3.63, 3.8) is 0 Å². The Morgan fingerprint density at radius 2 is 1.65 bits per heavy atom. The van der Waals surface area contributed by atoms with Crippen LogP contribution in [0.25, 0.3) is 44.6 Å². The number of esters is 1. The molecule has 0 amide bonds. The Bertz CT molecular complexity index is 2010. The third-order valence-corrected chi connectivity index (χ3v) is 8.07. The van der Waals surface area contributed by atoms with Crippen LogP contribution in [0.4, 0.5) is 0 Å². The van der Waals surface area contributed by atoms with Crippen molar-refractivity contribution in [3.8, 4) is 22.5 Å². The number of aryl methyl sites for hydroxylation is 3. The Balaban J connectivity index is 1.39. The highest BCUT2D eigenvalue weighted by molar-refractivity contribution is 6.03. The minimum atomic E-state index is -0.464. The second kappa shape index (κ2) is 11.3. The maximum atomic E-state index is 12.5. The molecular weight excluding hydrogens is 536 g/mol. The average molecular weight is 571 g/mol. The van der Waals surface area contributed by atoms with Gasteiger partial charge in [-0.05, 0) is 78.9 Å². The Morgan fingerprint density at radius 1 is 0.884 bits per heavy atom. The van der Waals surface area contributed by atoms with Crippen molar-refractivity contribution in [2.45, 2.75) is 40.2 Å². The van der Waals surface area contributed by atoms with Crippen LogP contribution in [0, 0.1) is 6.92 Å². The number of carbonyl (C=O) groups excluding carboxylic acids is 2. The van der Waals surface area contributed by atoms with Crippen molar-refractivity contribution in [2.75, 3.05) is 7.11 Å². The first kappa shape index (κ1) is 28.1. The smallest absolute Gasteiger partial charge is 0.337 e. The Hall–Kier alpha value is -5.04. The van der Waals surface area contributed by atoms with E-state index in [9.17, 15) is 9.59 Å². The van der Waals surface area contributed by atoms with Gasteiger partial charge in [0.1, 0.15) is 11.6 Å². The molecule has 0 aliphatic carbocycles. The van der Waals surface area contributed by atoms with E-state index in [1.165, 1.54) is 14.0 Å². The summed E-state index contributed by atoms with van der Waals surface area (Å²) in [4.78, 5) is 34.5. The number of nitrogens with zero attached hydrogens (tertiary/aromatic N) is 4. The summed E-state index contributed by atoms with van der Waals surface area (Å²) in [5.41, 5.74) is 10.0. The molecule has 0 atom stereocenters. The van der Waals surface area contributed by atoms with Crippen molar-refractivity contribution >= 4 is 33.8 Å². The van der Waals surface area contributed by atoms with E-state index >= 15 is 0 Å².